The molecule has 3 rings (SSSR count). The summed E-state index contributed by atoms with van der Waals surface area (Å²) >= 11 is 1.59. The first-order valence-electron chi connectivity index (χ1n) is 8.23. The minimum Gasteiger partial charge on any atom is -0.395 e. The number of benzene rings is 1. The van der Waals surface area contributed by atoms with Gasteiger partial charge in [-0.2, -0.15) is 0 Å². The highest BCUT2D eigenvalue weighted by Crippen LogP contribution is 2.24. The summed E-state index contributed by atoms with van der Waals surface area (Å²) in [6.45, 7) is 3.69. The maximum atomic E-state index is 9.13. The van der Waals surface area contributed by atoms with Gasteiger partial charge >= 0.3 is 0 Å². The van der Waals surface area contributed by atoms with Gasteiger partial charge in [-0.1, -0.05) is 5.92 Å². The maximum Gasteiger partial charge on any atom is 0.133 e. The van der Waals surface area contributed by atoms with E-state index in [-0.39, 0.29) is 6.61 Å². The number of aliphatic hydroxyl groups excluding tert-OH is 1. The lowest BCUT2D eigenvalue weighted by atomic mass is 10.2. The first-order chi connectivity index (χ1) is 12.2. The van der Waals surface area contributed by atoms with Gasteiger partial charge in [0, 0.05) is 30.7 Å². The van der Waals surface area contributed by atoms with Crippen molar-refractivity contribution in [2.75, 3.05) is 25.1 Å². The molecular weight excluding hydrogens is 330 g/mol. The summed E-state index contributed by atoms with van der Waals surface area (Å²) in [6.07, 6.45) is 9.52. The molecule has 0 aliphatic rings. The lowest BCUT2D eigenvalue weighted by Crippen LogP contribution is -2.20. The molecule has 0 saturated carbocycles. The number of fused-ring (bicyclic) bond motifs is 1. The predicted molar refractivity (Wildman–Crippen MR) is 107 cm³/mol. The van der Waals surface area contributed by atoms with Crippen LogP contribution in [0.3, 0.4) is 0 Å². The number of hydrogen-bond donors (Lipinski definition) is 1. The number of aromatic nitrogens is 2. The topological polar surface area (TPSA) is 41.3 Å². The molecule has 0 bridgehead atoms. The van der Waals surface area contributed by atoms with Crippen molar-refractivity contribution in [1.82, 2.24) is 9.55 Å². The molecule has 0 radical (unpaired) electrons. The summed E-state index contributed by atoms with van der Waals surface area (Å²) in [5, 5.41) is 9.13. The van der Waals surface area contributed by atoms with Crippen LogP contribution < -0.4 is 4.90 Å². The Balaban J connectivity index is 1.97. The molecule has 2 heterocycles. The zero-order valence-electron chi connectivity index (χ0n) is 14.4. The number of anilines is 1. The molecule has 1 aromatic carbocycles. The highest BCUT2D eigenvalue weighted by atomic mass is 32.1. The highest BCUT2D eigenvalue weighted by molar-refractivity contribution is 7.13. The average Bonchev–Trinajstić information content (AvgIpc) is 3.23. The Kier molecular flexibility index (Phi) is 5.22. The molecule has 1 N–H and O–H groups in total. The van der Waals surface area contributed by atoms with E-state index in [4.69, 9.17) is 16.5 Å². The molecule has 5 heteroatoms. The van der Waals surface area contributed by atoms with Crippen LogP contribution >= 0.6 is 11.3 Å². The third-order valence-corrected chi connectivity index (χ3v) is 5.10. The van der Waals surface area contributed by atoms with E-state index in [9.17, 15) is 0 Å². The highest BCUT2D eigenvalue weighted by Gasteiger charge is 2.10. The SMILES string of the molecule is C#Cc1ccc(/C=C/c2nc3ccc(N(C)CCO)cc3n2CC)s1. The summed E-state index contributed by atoms with van der Waals surface area (Å²) in [5.74, 6) is 3.58. The maximum absolute atomic E-state index is 9.13. The Morgan fingerprint density at radius 2 is 2.16 bits per heavy atom. The quantitative estimate of drug-likeness (QED) is 0.689. The van der Waals surface area contributed by atoms with Crippen molar-refractivity contribution in [3.05, 3.63) is 45.9 Å². The van der Waals surface area contributed by atoms with Crippen LogP contribution in [0.25, 0.3) is 23.2 Å². The Hall–Kier alpha value is -2.55. The fraction of sp³-hybridized carbons (Fsp3) is 0.250. The molecule has 2 aromatic heterocycles. The Morgan fingerprint density at radius 3 is 2.84 bits per heavy atom. The lowest BCUT2D eigenvalue weighted by Gasteiger charge is -2.18. The van der Waals surface area contributed by atoms with Crippen LogP contribution in [0.1, 0.15) is 22.5 Å². The third-order valence-electron chi connectivity index (χ3n) is 4.12. The third kappa shape index (κ3) is 3.60. The minimum absolute atomic E-state index is 0.135. The monoisotopic (exact) mass is 351 g/mol. The predicted octanol–water partition coefficient (Wildman–Crippen LogP) is 3.70. The van der Waals surface area contributed by atoms with E-state index in [2.05, 4.69) is 29.6 Å². The van der Waals surface area contributed by atoms with Gasteiger partial charge in [-0.05, 0) is 49.4 Å². The van der Waals surface area contributed by atoms with E-state index >= 15 is 0 Å². The first-order valence-corrected chi connectivity index (χ1v) is 9.04. The Morgan fingerprint density at radius 1 is 1.32 bits per heavy atom. The molecule has 0 amide bonds. The molecular formula is C20H21N3OS. The van der Waals surface area contributed by atoms with Gasteiger partial charge in [0.2, 0.25) is 0 Å². The molecule has 25 heavy (non-hydrogen) atoms. The number of nitrogens with zero attached hydrogens (tertiary/aromatic N) is 3. The van der Waals surface area contributed by atoms with E-state index < -0.39 is 0 Å². The van der Waals surface area contributed by atoms with Crippen molar-refractivity contribution in [3.63, 3.8) is 0 Å². The van der Waals surface area contributed by atoms with Crippen molar-refractivity contribution in [2.24, 2.45) is 0 Å². The van der Waals surface area contributed by atoms with E-state index in [0.29, 0.717) is 6.54 Å². The molecule has 128 valence electrons. The summed E-state index contributed by atoms with van der Waals surface area (Å²) < 4.78 is 2.19. The fourth-order valence-corrected chi connectivity index (χ4v) is 3.50. The minimum atomic E-state index is 0.135. The summed E-state index contributed by atoms with van der Waals surface area (Å²) in [6, 6.07) is 10.2. The molecule has 4 nitrogen and oxygen atoms in total. The number of likely N-dealkylation sites (N-methyl/N-ethyl adjacent to an activating group) is 1. The number of imidazole rings is 1. The average molecular weight is 351 g/mol. The van der Waals surface area contributed by atoms with E-state index in [0.717, 1.165) is 38.8 Å². The summed E-state index contributed by atoms with van der Waals surface area (Å²) in [7, 11) is 1.98. The van der Waals surface area contributed by atoms with Crippen molar-refractivity contribution in [2.45, 2.75) is 13.5 Å². The van der Waals surface area contributed by atoms with E-state index in [1.165, 1.54) is 0 Å². The molecule has 0 saturated heterocycles. The molecule has 0 aliphatic heterocycles. The van der Waals surface area contributed by atoms with Gasteiger partial charge in [0.05, 0.1) is 22.5 Å². The normalized spacial score (nSPS) is 11.3. The number of aliphatic hydroxyl groups is 1. The van der Waals surface area contributed by atoms with Crippen molar-refractivity contribution < 1.29 is 5.11 Å². The van der Waals surface area contributed by atoms with Crippen molar-refractivity contribution in [3.8, 4) is 12.3 Å². The van der Waals surface area contributed by atoms with Gasteiger partial charge in [-0.25, -0.2) is 4.98 Å². The standard InChI is InChI=1S/C20H21N3OS/c1-4-16-7-8-17(25-16)9-11-20-21-18-10-6-15(22(3)12-13-24)14-19(18)23(20)5-2/h1,6-11,14,24H,5,12-13H2,2-3H3/b11-9+. The molecule has 0 atom stereocenters. The van der Waals surface area contributed by atoms with Crippen LogP contribution in [0.2, 0.25) is 0 Å². The lowest BCUT2D eigenvalue weighted by molar-refractivity contribution is 0.304. The van der Waals surface area contributed by atoms with Gasteiger partial charge in [0.25, 0.3) is 0 Å². The van der Waals surface area contributed by atoms with Crippen LogP contribution in [0.4, 0.5) is 5.69 Å². The van der Waals surface area contributed by atoms with Gasteiger partial charge in [-0.15, -0.1) is 17.8 Å². The fourth-order valence-electron chi connectivity index (χ4n) is 2.78. The largest absolute Gasteiger partial charge is 0.395 e. The molecule has 0 fully saturated rings. The van der Waals surface area contributed by atoms with E-state index in [1.807, 2.05) is 42.3 Å². The zero-order chi connectivity index (χ0) is 17.8. The van der Waals surface area contributed by atoms with Gasteiger partial charge in [-0.3, -0.25) is 0 Å². The Bertz CT molecular complexity index is 946. The summed E-state index contributed by atoms with van der Waals surface area (Å²) in [4.78, 5) is 8.83. The van der Waals surface area contributed by atoms with Crippen molar-refractivity contribution in [1.29, 1.82) is 0 Å². The zero-order valence-corrected chi connectivity index (χ0v) is 15.3. The second kappa shape index (κ2) is 7.56. The Labute approximate surface area is 152 Å². The van der Waals surface area contributed by atoms with Crippen LogP contribution in [0.5, 0.6) is 0 Å². The van der Waals surface area contributed by atoms with E-state index in [1.54, 1.807) is 11.3 Å². The number of rotatable bonds is 6. The molecule has 0 spiro atoms. The number of thiophene rings is 1. The smallest absolute Gasteiger partial charge is 0.133 e. The van der Waals surface area contributed by atoms with Gasteiger partial charge < -0.3 is 14.6 Å². The molecule has 0 unspecified atom stereocenters. The second-order valence-corrected chi connectivity index (χ2v) is 6.83. The van der Waals surface area contributed by atoms with Crippen LogP contribution in [-0.2, 0) is 6.54 Å². The number of terminal acetylenes is 1. The summed E-state index contributed by atoms with van der Waals surface area (Å²) in [5.41, 5.74) is 3.14. The first kappa shape index (κ1) is 17.3. The molecule has 0 aliphatic carbocycles. The second-order valence-electron chi connectivity index (χ2n) is 5.71. The van der Waals surface area contributed by atoms with Crippen molar-refractivity contribution >= 4 is 40.2 Å². The molecule has 3 aromatic rings. The number of aryl methyl sites for hydroxylation is 1. The van der Waals surface area contributed by atoms with Crippen LogP contribution in [0.15, 0.2) is 30.3 Å². The van der Waals surface area contributed by atoms with Gasteiger partial charge in [0.15, 0.2) is 0 Å². The van der Waals surface area contributed by atoms with Gasteiger partial charge in [0.1, 0.15) is 5.82 Å². The van der Waals surface area contributed by atoms with Crippen LogP contribution in [-0.4, -0.2) is 34.9 Å². The van der Waals surface area contributed by atoms with Crippen LogP contribution in [0, 0.1) is 12.3 Å². The number of hydrogen-bond acceptors (Lipinski definition) is 4.